The van der Waals surface area contributed by atoms with Crippen LogP contribution in [-0.2, 0) is 17.9 Å². The number of carboxylic acids is 2. The standard InChI is InChI=1S/C39H32N2O9.C6H6O/c1-2-47-32-18-19-34(36(24-32)39(45)46)37(42)40-29-13-8-26(9-14-29)22-27-10-15-30(16-11-27)41-50-25-28-12-17-33(23-35(28)38(43)44)49-21-20-48-31-6-4-3-5-7-31;7-6-4-2-1-3-5-6/h1,3-19,23-24,41H,20-22,25H2,(H,40,42)(H,43,44)(H,45,46);1-5,7H. The Labute approximate surface area is 328 Å². The highest BCUT2D eigenvalue weighted by atomic mass is 16.6. The Morgan fingerprint density at radius 1 is 0.596 bits per heavy atom. The van der Waals surface area contributed by atoms with Gasteiger partial charge in [-0.3, -0.25) is 15.1 Å². The molecule has 0 aliphatic heterocycles. The predicted molar refractivity (Wildman–Crippen MR) is 214 cm³/mol. The van der Waals surface area contributed by atoms with E-state index in [2.05, 4.69) is 10.8 Å². The Morgan fingerprint density at radius 3 is 1.74 bits per heavy atom. The molecule has 12 heteroatoms. The van der Waals surface area contributed by atoms with Crippen molar-refractivity contribution in [1.82, 2.24) is 0 Å². The number of ether oxygens (including phenoxy) is 3. The van der Waals surface area contributed by atoms with Gasteiger partial charge in [-0.05, 0) is 102 Å². The van der Waals surface area contributed by atoms with Gasteiger partial charge in [-0.1, -0.05) is 73.2 Å². The molecule has 0 unspecified atom stereocenters. The van der Waals surface area contributed by atoms with Gasteiger partial charge in [0.15, 0.2) is 0 Å². The maximum Gasteiger partial charge on any atom is 0.336 e. The Morgan fingerprint density at radius 2 is 1.16 bits per heavy atom. The van der Waals surface area contributed by atoms with Gasteiger partial charge in [-0.2, -0.15) is 0 Å². The van der Waals surface area contributed by atoms with Crippen LogP contribution in [0, 0.1) is 12.5 Å². The second-order valence-corrected chi connectivity index (χ2v) is 12.1. The molecule has 0 saturated carbocycles. The number of carbonyl (C=O) groups is 3. The van der Waals surface area contributed by atoms with Gasteiger partial charge < -0.3 is 34.8 Å². The van der Waals surface area contributed by atoms with Crippen molar-refractivity contribution in [2.45, 2.75) is 13.0 Å². The number of hydrogen-bond acceptors (Lipinski definition) is 9. The molecule has 6 rings (SSSR count). The van der Waals surface area contributed by atoms with E-state index in [0.717, 1.165) is 16.9 Å². The zero-order valence-electron chi connectivity index (χ0n) is 30.5. The van der Waals surface area contributed by atoms with Crippen LogP contribution in [0.3, 0.4) is 0 Å². The molecule has 0 saturated heterocycles. The van der Waals surface area contributed by atoms with Crippen molar-refractivity contribution in [3.05, 3.63) is 179 Å². The van der Waals surface area contributed by atoms with Gasteiger partial charge >= 0.3 is 11.9 Å². The van der Waals surface area contributed by atoms with Crippen molar-refractivity contribution >= 4 is 29.2 Å². The molecule has 288 valence electrons. The van der Waals surface area contributed by atoms with Crippen LogP contribution in [-0.4, -0.2) is 46.4 Å². The summed E-state index contributed by atoms with van der Waals surface area (Å²) in [5, 5.41) is 30.6. The molecule has 0 heterocycles. The molecule has 0 aromatic heterocycles. The summed E-state index contributed by atoms with van der Waals surface area (Å²) < 4.78 is 16.2. The van der Waals surface area contributed by atoms with Crippen LogP contribution in [0.2, 0.25) is 0 Å². The van der Waals surface area contributed by atoms with Gasteiger partial charge in [0.1, 0.15) is 48.9 Å². The van der Waals surface area contributed by atoms with Gasteiger partial charge in [-0.15, -0.1) is 0 Å². The highest BCUT2D eigenvalue weighted by Gasteiger charge is 2.18. The second-order valence-electron chi connectivity index (χ2n) is 12.1. The van der Waals surface area contributed by atoms with E-state index in [1.54, 1.807) is 48.5 Å². The summed E-state index contributed by atoms with van der Waals surface area (Å²) in [4.78, 5) is 42.0. The molecule has 0 aliphatic rings. The summed E-state index contributed by atoms with van der Waals surface area (Å²) in [6, 6.07) is 41.6. The van der Waals surface area contributed by atoms with Crippen LogP contribution in [0.15, 0.2) is 146 Å². The highest BCUT2D eigenvalue weighted by molar-refractivity contribution is 6.10. The Bertz CT molecular complexity index is 2290. The topological polar surface area (TPSA) is 173 Å². The minimum Gasteiger partial charge on any atom is -0.508 e. The minimum atomic E-state index is -1.29. The average molecular weight is 767 g/mol. The molecule has 6 aromatic rings. The summed E-state index contributed by atoms with van der Waals surface area (Å²) in [6.45, 7) is 0.571. The van der Waals surface area contributed by atoms with Crippen LogP contribution in [0.1, 0.15) is 47.8 Å². The summed E-state index contributed by atoms with van der Waals surface area (Å²) in [5.74, 6) is -1.36. The van der Waals surface area contributed by atoms with E-state index in [-0.39, 0.29) is 35.7 Å². The van der Waals surface area contributed by atoms with Crippen molar-refractivity contribution in [2.24, 2.45) is 0 Å². The number of aromatic carboxylic acids is 2. The number of para-hydroxylation sites is 2. The molecule has 0 atom stereocenters. The first kappa shape index (κ1) is 40.4. The van der Waals surface area contributed by atoms with Crippen LogP contribution in [0.25, 0.3) is 0 Å². The number of phenols is 1. The van der Waals surface area contributed by atoms with E-state index >= 15 is 0 Å². The molecular formula is C45H38N2O10. The molecular weight excluding hydrogens is 728 g/mol. The number of terminal acetylenes is 1. The number of carbonyl (C=O) groups excluding carboxylic acids is 1. The zero-order chi connectivity index (χ0) is 40.4. The van der Waals surface area contributed by atoms with E-state index in [1.165, 1.54) is 24.3 Å². The highest BCUT2D eigenvalue weighted by Crippen LogP contribution is 2.23. The summed E-state index contributed by atoms with van der Waals surface area (Å²) in [6.07, 6.45) is 7.68. The summed E-state index contributed by atoms with van der Waals surface area (Å²) >= 11 is 0. The zero-order valence-corrected chi connectivity index (χ0v) is 30.5. The van der Waals surface area contributed by atoms with Crippen molar-refractivity contribution < 1.29 is 48.8 Å². The molecule has 12 nitrogen and oxygen atoms in total. The van der Waals surface area contributed by atoms with Gasteiger partial charge in [0.05, 0.1) is 22.4 Å². The van der Waals surface area contributed by atoms with Gasteiger partial charge in [-0.25, -0.2) is 9.59 Å². The Balaban J connectivity index is 0.000000799. The van der Waals surface area contributed by atoms with Crippen LogP contribution in [0.5, 0.6) is 23.0 Å². The van der Waals surface area contributed by atoms with Crippen LogP contribution < -0.4 is 25.0 Å². The number of phenolic OH excluding ortho intramolecular Hbond substituents is 1. The lowest BCUT2D eigenvalue weighted by Crippen LogP contribution is -2.16. The number of benzene rings is 6. The van der Waals surface area contributed by atoms with Crippen LogP contribution in [0.4, 0.5) is 11.4 Å². The average Bonchev–Trinajstić information content (AvgIpc) is 3.22. The predicted octanol–water partition coefficient (Wildman–Crippen LogP) is 8.29. The molecule has 0 radical (unpaired) electrons. The van der Waals surface area contributed by atoms with E-state index in [0.29, 0.717) is 41.5 Å². The minimum absolute atomic E-state index is 0.00673. The van der Waals surface area contributed by atoms with Gasteiger partial charge in [0.2, 0.25) is 0 Å². The number of nitrogens with one attached hydrogen (secondary N) is 2. The second kappa shape index (κ2) is 20.6. The normalized spacial score (nSPS) is 10.2. The van der Waals surface area contributed by atoms with Gasteiger partial charge in [0.25, 0.3) is 5.91 Å². The van der Waals surface area contributed by atoms with Crippen molar-refractivity contribution in [3.63, 3.8) is 0 Å². The van der Waals surface area contributed by atoms with E-state index in [4.69, 9.17) is 30.6 Å². The maximum atomic E-state index is 12.8. The van der Waals surface area contributed by atoms with Crippen molar-refractivity contribution in [1.29, 1.82) is 0 Å². The largest absolute Gasteiger partial charge is 0.508 e. The van der Waals surface area contributed by atoms with E-state index in [1.807, 2.05) is 78.9 Å². The molecule has 6 aromatic carbocycles. The number of rotatable bonds is 16. The smallest absolute Gasteiger partial charge is 0.336 e. The van der Waals surface area contributed by atoms with Crippen molar-refractivity contribution in [3.8, 4) is 35.5 Å². The first-order chi connectivity index (χ1) is 27.7. The fourth-order valence-corrected chi connectivity index (χ4v) is 5.29. The first-order valence-electron chi connectivity index (χ1n) is 17.5. The monoisotopic (exact) mass is 766 g/mol. The Kier molecular flexibility index (Phi) is 14.6. The number of hydrogen-bond donors (Lipinski definition) is 5. The fourth-order valence-electron chi connectivity index (χ4n) is 5.29. The summed E-state index contributed by atoms with van der Waals surface area (Å²) in [7, 11) is 0. The number of anilines is 2. The summed E-state index contributed by atoms with van der Waals surface area (Å²) in [5.41, 5.74) is 6.31. The molecule has 0 aliphatic carbocycles. The lowest BCUT2D eigenvalue weighted by atomic mass is 10.0. The fraction of sp³-hybridized carbons (Fsp3) is 0.0889. The maximum absolute atomic E-state index is 12.8. The molecule has 5 N–H and O–H groups in total. The first-order valence-corrected chi connectivity index (χ1v) is 17.5. The van der Waals surface area contributed by atoms with Crippen LogP contribution >= 0.6 is 0 Å². The lowest BCUT2D eigenvalue weighted by molar-refractivity contribution is 0.0682. The molecule has 57 heavy (non-hydrogen) atoms. The lowest BCUT2D eigenvalue weighted by Gasteiger charge is -2.12. The molecule has 1 amide bonds. The molecule has 0 bridgehead atoms. The quantitative estimate of drug-likeness (QED) is 0.0365. The van der Waals surface area contributed by atoms with E-state index < -0.39 is 17.8 Å². The number of carboxylic acid groups (broad SMARTS) is 2. The number of aromatic hydroxyl groups is 1. The van der Waals surface area contributed by atoms with E-state index in [9.17, 15) is 24.6 Å². The third-order valence-electron chi connectivity index (χ3n) is 8.07. The third-order valence-corrected chi connectivity index (χ3v) is 8.07. The van der Waals surface area contributed by atoms with Crippen molar-refractivity contribution in [2.75, 3.05) is 24.0 Å². The van der Waals surface area contributed by atoms with Gasteiger partial charge in [0, 0.05) is 5.69 Å². The Hall–Kier alpha value is -7.75. The third kappa shape index (κ3) is 12.7. The SMILES string of the molecule is C#COc1ccc(C(=O)Nc2ccc(Cc3ccc(NOCc4ccc(OCCOc5ccccc5)cc4C(=O)O)cc3)cc2)c(C(=O)O)c1.Oc1ccccc1. The number of amides is 1. The molecule has 0 spiro atoms. The molecule has 0 fully saturated rings.